The number of hydrogen-bond donors (Lipinski definition) is 0. The lowest BCUT2D eigenvalue weighted by molar-refractivity contribution is -0.126. The number of carbonyl (C=O) groups is 1. The number of Topliss-reactive ketones (excluding diaryl/α,β-unsaturated/α-hetero) is 1. The van der Waals surface area contributed by atoms with Gasteiger partial charge in [-0.3, -0.25) is 9.69 Å². The van der Waals surface area contributed by atoms with Gasteiger partial charge in [-0.1, -0.05) is 13.3 Å². The minimum atomic E-state index is 0.355. The van der Waals surface area contributed by atoms with E-state index in [2.05, 4.69) is 11.8 Å². The Morgan fingerprint density at radius 3 is 2.89 bits per heavy atom. The molecule has 18 heavy (non-hydrogen) atoms. The first-order valence-corrected chi connectivity index (χ1v) is 8.01. The van der Waals surface area contributed by atoms with E-state index in [0.29, 0.717) is 11.7 Å². The molecule has 2 aliphatic carbocycles. The molecule has 2 saturated carbocycles. The fourth-order valence-corrected chi connectivity index (χ4v) is 4.57. The van der Waals surface area contributed by atoms with E-state index in [-0.39, 0.29) is 0 Å². The van der Waals surface area contributed by atoms with Crippen molar-refractivity contribution in [1.82, 2.24) is 4.90 Å². The lowest BCUT2D eigenvalue weighted by atomic mass is 9.80. The van der Waals surface area contributed by atoms with Crippen LogP contribution in [0.5, 0.6) is 0 Å². The molecule has 0 aromatic rings. The standard InChI is InChI=1S/C16H27NO/c1-12-7-8-16(18)14(10-12)11-17-9-3-5-13-4-2-6-15(13)17/h12-15H,2-11H2,1H3. The summed E-state index contributed by atoms with van der Waals surface area (Å²) in [5.74, 6) is 2.62. The third-order valence-corrected chi connectivity index (χ3v) is 5.59. The molecule has 0 radical (unpaired) electrons. The lowest BCUT2D eigenvalue weighted by Gasteiger charge is -2.40. The fourth-order valence-electron chi connectivity index (χ4n) is 4.57. The van der Waals surface area contributed by atoms with Crippen LogP contribution in [0.15, 0.2) is 0 Å². The Balaban J connectivity index is 1.62. The van der Waals surface area contributed by atoms with Gasteiger partial charge in [0.2, 0.25) is 0 Å². The molecule has 1 saturated heterocycles. The zero-order valence-corrected chi connectivity index (χ0v) is 11.7. The molecule has 0 N–H and O–H groups in total. The van der Waals surface area contributed by atoms with Crippen LogP contribution >= 0.6 is 0 Å². The van der Waals surface area contributed by atoms with Gasteiger partial charge in [0, 0.05) is 24.9 Å². The van der Waals surface area contributed by atoms with E-state index in [9.17, 15) is 4.79 Å². The molecule has 4 unspecified atom stereocenters. The third kappa shape index (κ3) is 2.49. The Kier molecular flexibility index (Phi) is 3.74. The van der Waals surface area contributed by atoms with Crippen molar-refractivity contribution in [3.05, 3.63) is 0 Å². The Hall–Kier alpha value is -0.370. The molecule has 0 spiro atoms. The number of likely N-dealkylation sites (tertiary alicyclic amines) is 1. The Morgan fingerprint density at radius 1 is 1.17 bits per heavy atom. The van der Waals surface area contributed by atoms with E-state index >= 15 is 0 Å². The first kappa shape index (κ1) is 12.7. The van der Waals surface area contributed by atoms with Crippen molar-refractivity contribution < 1.29 is 4.79 Å². The topological polar surface area (TPSA) is 20.3 Å². The first-order valence-electron chi connectivity index (χ1n) is 8.01. The van der Waals surface area contributed by atoms with Crippen LogP contribution in [0.2, 0.25) is 0 Å². The minimum absolute atomic E-state index is 0.355. The summed E-state index contributed by atoms with van der Waals surface area (Å²) in [5, 5.41) is 0. The largest absolute Gasteiger partial charge is 0.299 e. The van der Waals surface area contributed by atoms with Crippen LogP contribution in [-0.2, 0) is 4.79 Å². The highest BCUT2D eigenvalue weighted by atomic mass is 16.1. The van der Waals surface area contributed by atoms with Gasteiger partial charge in [0.05, 0.1) is 0 Å². The first-order chi connectivity index (χ1) is 8.74. The molecular weight excluding hydrogens is 222 g/mol. The van der Waals surface area contributed by atoms with Crippen LogP contribution < -0.4 is 0 Å². The second-order valence-electron chi connectivity index (χ2n) is 6.94. The van der Waals surface area contributed by atoms with Crippen molar-refractivity contribution in [1.29, 1.82) is 0 Å². The summed E-state index contributed by atoms with van der Waals surface area (Å²) >= 11 is 0. The van der Waals surface area contributed by atoms with Gasteiger partial charge < -0.3 is 0 Å². The molecule has 0 aromatic carbocycles. The summed E-state index contributed by atoms with van der Waals surface area (Å²) in [6.07, 6.45) is 10.2. The average Bonchev–Trinajstić information content (AvgIpc) is 2.83. The molecule has 1 aliphatic heterocycles. The molecule has 4 atom stereocenters. The Bertz CT molecular complexity index is 314. The van der Waals surface area contributed by atoms with Crippen LogP contribution in [0.4, 0.5) is 0 Å². The van der Waals surface area contributed by atoms with Crippen LogP contribution in [0.1, 0.15) is 58.3 Å². The molecule has 2 heteroatoms. The average molecular weight is 249 g/mol. The summed E-state index contributed by atoms with van der Waals surface area (Å²) in [7, 11) is 0. The highest BCUT2D eigenvalue weighted by Crippen LogP contribution is 2.38. The monoisotopic (exact) mass is 249 g/mol. The van der Waals surface area contributed by atoms with E-state index < -0.39 is 0 Å². The van der Waals surface area contributed by atoms with Gasteiger partial charge in [0.1, 0.15) is 5.78 Å². The summed E-state index contributed by atoms with van der Waals surface area (Å²) in [5.41, 5.74) is 0. The molecule has 3 rings (SSSR count). The molecule has 102 valence electrons. The van der Waals surface area contributed by atoms with Gasteiger partial charge >= 0.3 is 0 Å². The second-order valence-corrected chi connectivity index (χ2v) is 6.94. The minimum Gasteiger partial charge on any atom is -0.299 e. The van der Waals surface area contributed by atoms with Gasteiger partial charge in [0.15, 0.2) is 0 Å². The smallest absolute Gasteiger partial charge is 0.137 e. The second kappa shape index (κ2) is 5.32. The molecule has 2 nitrogen and oxygen atoms in total. The molecule has 3 aliphatic rings. The zero-order valence-electron chi connectivity index (χ0n) is 11.7. The van der Waals surface area contributed by atoms with E-state index in [1.165, 1.54) is 38.6 Å². The van der Waals surface area contributed by atoms with Crippen molar-refractivity contribution in [2.24, 2.45) is 17.8 Å². The van der Waals surface area contributed by atoms with Crippen LogP contribution in [0, 0.1) is 17.8 Å². The van der Waals surface area contributed by atoms with Gasteiger partial charge in [0.25, 0.3) is 0 Å². The van der Waals surface area contributed by atoms with Crippen LogP contribution in [0.25, 0.3) is 0 Å². The molecule has 3 fully saturated rings. The van der Waals surface area contributed by atoms with Gasteiger partial charge in [-0.2, -0.15) is 0 Å². The van der Waals surface area contributed by atoms with Gasteiger partial charge in [-0.25, -0.2) is 0 Å². The number of carbonyl (C=O) groups excluding carboxylic acids is 1. The molecular formula is C16H27NO. The Morgan fingerprint density at radius 2 is 2.00 bits per heavy atom. The number of ketones is 1. The highest BCUT2D eigenvalue weighted by Gasteiger charge is 2.37. The molecule has 0 bridgehead atoms. The maximum absolute atomic E-state index is 12.1. The lowest BCUT2D eigenvalue weighted by Crippen LogP contribution is -2.46. The van der Waals surface area contributed by atoms with Gasteiger partial charge in [-0.15, -0.1) is 0 Å². The van der Waals surface area contributed by atoms with Crippen molar-refractivity contribution in [2.45, 2.75) is 64.3 Å². The normalized spacial score (nSPS) is 41.9. The van der Waals surface area contributed by atoms with E-state index in [4.69, 9.17) is 0 Å². The van der Waals surface area contributed by atoms with E-state index in [1.807, 2.05) is 0 Å². The zero-order chi connectivity index (χ0) is 12.5. The predicted octanol–water partition coefficient (Wildman–Crippen LogP) is 3.26. The van der Waals surface area contributed by atoms with Crippen molar-refractivity contribution >= 4 is 5.78 Å². The quantitative estimate of drug-likeness (QED) is 0.748. The number of nitrogens with zero attached hydrogens (tertiary/aromatic N) is 1. The molecule has 0 amide bonds. The molecule has 0 aromatic heterocycles. The van der Waals surface area contributed by atoms with E-state index in [1.54, 1.807) is 0 Å². The predicted molar refractivity (Wildman–Crippen MR) is 73.4 cm³/mol. The summed E-state index contributed by atoms with van der Waals surface area (Å²) in [6, 6.07) is 0.823. The fraction of sp³-hybridized carbons (Fsp3) is 0.938. The number of piperidine rings is 1. The van der Waals surface area contributed by atoms with Crippen molar-refractivity contribution in [3.8, 4) is 0 Å². The van der Waals surface area contributed by atoms with Crippen molar-refractivity contribution in [3.63, 3.8) is 0 Å². The SMILES string of the molecule is CC1CCC(=O)C(CN2CCCC3CCCC32)C1. The third-order valence-electron chi connectivity index (χ3n) is 5.59. The Labute approximate surface area is 111 Å². The number of fused-ring (bicyclic) bond motifs is 1. The molecule has 1 heterocycles. The van der Waals surface area contributed by atoms with Crippen LogP contribution in [0.3, 0.4) is 0 Å². The summed E-state index contributed by atoms with van der Waals surface area (Å²) in [4.78, 5) is 14.8. The van der Waals surface area contributed by atoms with Crippen LogP contribution in [-0.4, -0.2) is 29.8 Å². The van der Waals surface area contributed by atoms with E-state index in [0.717, 1.165) is 43.7 Å². The summed E-state index contributed by atoms with van der Waals surface area (Å²) in [6.45, 7) is 4.64. The highest BCUT2D eigenvalue weighted by molar-refractivity contribution is 5.81. The van der Waals surface area contributed by atoms with Gasteiger partial charge in [-0.05, 0) is 56.9 Å². The summed E-state index contributed by atoms with van der Waals surface area (Å²) < 4.78 is 0. The van der Waals surface area contributed by atoms with Crippen molar-refractivity contribution in [2.75, 3.05) is 13.1 Å². The number of rotatable bonds is 2. The maximum Gasteiger partial charge on any atom is 0.137 e. The maximum atomic E-state index is 12.1. The number of hydrogen-bond acceptors (Lipinski definition) is 2.